The first kappa shape index (κ1) is 90.6. The van der Waals surface area contributed by atoms with E-state index in [2.05, 4.69) is 22.1 Å². The zero-order valence-corrected chi connectivity index (χ0v) is 71.2. The van der Waals surface area contributed by atoms with Crippen LogP contribution in [0, 0.1) is 33.5 Å². The number of alkyl halides is 2. The average molecular weight is 1680 g/mol. The number of alkyl carbamates (subject to hydrolysis) is 2. The first-order chi connectivity index (χ1) is 55.4. The Morgan fingerprint density at radius 2 is 0.983 bits per heavy atom. The highest BCUT2D eigenvalue weighted by molar-refractivity contribution is 5.90. The Labute approximate surface area is 692 Å². The number of nitrogens with one attached hydrogen (secondary N) is 2. The minimum absolute atomic E-state index is 0.0523. The Morgan fingerprint density at radius 1 is 0.588 bits per heavy atom. The molecule has 2 unspecified atom stereocenters. The quantitative estimate of drug-likeness (QED) is 0.0373. The van der Waals surface area contributed by atoms with Crippen LogP contribution in [0.4, 0.5) is 18.4 Å². The summed E-state index contributed by atoms with van der Waals surface area (Å²) < 4.78 is 117. The summed E-state index contributed by atoms with van der Waals surface area (Å²) in [6, 6.07) is 12.9. The predicted octanol–water partition coefficient (Wildman–Crippen LogP) is 8.16. The average Bonchev–Trinajstić information content (AvgIpc) is 1.66. The molecule has 0 spiro atoms. The number of hydrogen-bond donors (Lipinski definition) is 7. The van der Waals surface area contributed by atoms with Crippen LogP contribution < -0.4 is 10.6 Å². The summed E-state index contributed by atoms with van der Waals surface area (Å²) in [7, 11) is 0. The number of carbonyl (C=O) groups excluding carboxylic acids is 8. The van der Waals surface area contributed by atoms with E-state index in [1.54, 1.807) is 151 Å². The van der Waals surface area contributed by atoms with E-state index in [0.717, 1.165) is 6.42 Å². The molecular formula is C87H119F2N3O27. The lowest BCUT2D eigenvalue weighted by atomic mass is 9.45. The van der Waals surface area contributed by atoms with Crippen molar-refractivity contribution in [2.24, 2.45) is 33.5 Å². The van der Waals surface area contributed by atoms with E-state index in [1.807, 2.05) is 20.8 Å². The van der Waals surface area contributed by atoms with Crippen LogP contribution in [-0.4, -0.2) is 261 Å². The van der Waals surface area contributed by atoms with E-state index in [0.29, 0.717) is 54.5 Å². The van der Waals surface area contributed by atoms with Gasteiger partial charge in [-0.05, 0) is 154 Å². The van der Waals surface area contributed by atoms with E-state index in [1.165, 1.54) is 19.9 Å². The molecule has 32 heteroatoms. The number of aliphatic hydroxyl groups excluding tert-OH is 3. The SMILES string of the molecule is C=CC1(C)O[C@@H]2C3=C(C)[C@@H](OC(=O)[C@H](O)[C@H](CF)NC(=O)OC(C)(C)C)C[C@@](O)([C@@H](OC(=O)c4ccccc4)[C@H]4[C@@](C)(CC[C@H]5OC[C@]54OC(C)=O)[C@@H]2O1)C3(C)C.CC(=O)O[C@@]12CO[C@@H]1CC[C@@]1(C)[C@@H]3OC(C)(CN4CC[C@H]4CO)O[C@@H]3C3=C(C)[C@@H](OC(=O)[C@H](O)[C@H](CF)NC(=O)OC(C)(C)C)C[C@@](O)([C@@H](OC(=O)c4ccccc4)[C@@H]12)C3(C)C. The zero-order chi connectivity index (χ0) is 87.5. The summed E-state index contributed by atoms with van der Waals surface area (Å²) in [5, 5.41) is 64.3. The summed E-state index contributed by atoms with van der Waals surface area (Å²) in [6.45, 7) is 32.2. The molecule has 2 aromatic carbocycles. The fourth-order valence-corrected chi connectivity index (χ4v) is 21.2. The van der Waals surface area contributed by atoms with Crippen molar-refractivity contribution in [2.75, 3.05) is 46.3 Å². The standard InChI is InChI=1S/C45H63FN2O14.C42H56FNO13/c1-24-29(57-38(53)32(51)28(20-46)47-39(54)62-40(3,4)5)19-45(55)36(58-37(52)26-13-11-10-12-14-26)34-42(8,17-15-30-44(34,23-56-30)59-25(2)50)35-33(31(24)41(45,6)7)60-43(9,61-35)22-48-18-16-27(48)21-49;1-11-40(10)55-30-28-22(2)26(52-35(48)29(46)25(20-43)44-36(49)57-37(4,5)6)19-42(50,38(28,7)8)33(53-34(47)24-15-13-12-14-16-24)31-39(9,32(30)56-40)18-17-27-41(31,21-51-27)54-23(3)45/h10-14,27-30,32-36,49,51,55H,15-23H2,1-9H3,(H,47,54);11-16,25-27,29-33,46,50H,1,17-21H2,2-10H3,(H,44,49)/t27-,28-,29-,30+,32+,33+,34-,35+,36-,42+,43?,44-,45+;25-,26-,27+,29+,30+,31-,32+,33-,39+,40?,41-,42+/m00/s1. The number of fused-ring (bicyclic) bond motifs is 16. The van der Waals surface area contributed by atoms with Gasteiger partial charge in [-0.2, -0.15) is 0 Å². The van der Waals surface area contributed by atoms with Gasteiger partial charge in [-0.1, -0.05) is 84.5 Å². The van der Waals surface area contributed by atoms with Gasteiger partial charge in [0.05, 0.1) is 73.6 Å². The van der Waals surface area contributed by atoms with Crippen LogP contribution in [0.25, 0.3) is 0 Å². The van der Waals surface area contributed by atoms with Crippen LogP contribution in [0.2, 0.25) is 0 Å². The van der Waals surface area contributed by atoms with Crippen LogP contribution in [0.3, 0.4) is 0 Å². The molecule has 0 aromatic heterocycles. The minimum atomic E-state index is -2.20. The van der Waals surface area contributed by atoms with Crippen molar-refractivity contribution < 1.29 is 139 Å². The van der Waals surface area contributed by atoms with Gasteiger partial charge in [0.15, 0.2) is 35.0 Å². The molecule has 25 atom stereocenters. The van der Waals surface area contributed by atoms with Gasteiger partial charge >= 0.3 is 48.0 Å². The highest BCUT2D eigenvalue weighted by atomic mass is 19.1. The summed E-state index contributed by atoms with van der Waals surface area (Å²) >= 11 is 0. The molecule has 4 saturated carbocycles. The van der Waals surface area contributed by atoms with Crippen LogP contribution in [-0.2, 0) is 85.5 Å². The molecule has 13 rings (SSSR count). The van der Waals surface area contributed by atoms with Crippen LogP contribution in [0.5, 0.6) is 0 Å². The number of carbonyl (C=O) groups is 8. The minimum Gasteiger partial charge on any atom is -0.456 e. The first-order valence-corrected chi connectivity index (χ1v) is 41.0. The molecule has 4 bridgehead atoms. The zero-order valence-electron chi connectivity index (χ0n) is 71.2. The molecule has 5 saturated heterocycles. The predicted molar refractivity (Wildman–Crippen MR) is 417 cm³/mol. The normalized spacial score (nSPS) is 37.9. The van der Waals surface area contributed by atoms with E-state index >= 15 is 0 Å². The van der Waals surface area contributed by atoms with E-state index in [9.17, 15) is 72.7 Å². The highest BCUT2D eigenvalue weighted by Gasteiger charge is 2.80. The lowest BCUT2D eigenvalue weighted by Crippen LogP contribution is -2.79. The molecular weight excluding hydrogens is 1560 g/mol. The Kier molecular flexibility index (Phi) is 24.8. The van der Waals surface area contributed by atoms with Crippen molar-refractivity contribution in [1.82, 2.24) is 15.5 Å². The number of halogens is 2. The monoisotopic (exact) mass is 1680 g/mol. The van der Waals surface area contributed by atoms with Gasteiger partial charge in [0.25, 0.3) is 0 Å². The third-order valence-electron chi connectivity index (χ3n) is 27.2. The van der Waals surface area contributed by atoms with Crippen molar-refractivity contribution in [3.05, 3.63) is 107 Å². The van der Waals surface area contributed by atoms with Crippen LogP contribution >= 0.6 is 0 Å². The maximum atomic E-state index is 14.4. The molecule has 11 aliphatic rings. The van der Waals surface area contributed by atoms with Crippen molar-refractivity contribution in [3.8, 4) is 0 Å². The third-order valence-corrected chi connectivity index (χ3v) is 27.2. The summed E-state index contributed by atoms with van der Waals surface area (Å²) in [6.07, 6.45) is -13.6. The number of esters is 6. The molecule has 5 heterocycles. The first-order valence-electron chi connectivity index (χ1n) is 41.0. The molecule has 2 aromatic rings. The lowest BCUT2D eigenvalue weighted by molar-refractivity contribution is -0.346. The summed E-state index contributed by atoms with van der Waals surface area (Å²) in [5.41, 5.74) is -11.5. The van der Waals surface area contributed by atoms with Gasteiger partial charge in [-0.15, -0.1) is 0 Å². The second-order valence-electron chi connectivity index (χ2n) is 38.0. The molecule has 658 valence electrons. The van der Waals surface area contributed by atoms with Gasteiger partial charge in [-0.3, -0.25) is 14.5 Å². The smallest absolute Gasteiger partial charge is 0.408 e. The van der Waals surface area contributed by atoms with Gasteiger partial charge in [-0.25, -0.2) is 37.5 Å². The number of hydrogen-bond acceptors (Lipinski definition) is 28. The summed E-state index contributed by atoms with van der Waals surface area (Å²) in [5.74, 6) is -9.97. The molecule has 6 aliphatic carbocycles. The number of ether oxygens (including phenoxy) is 14. The lowest BCUT2D eigenvalue weighted by Gasteiger charge is -2.68. The molecule has 2 amide bonds. The Hall–Kier alpha value is -7.60. The second kappa shape index (κ2) is 32.6. The van der Waals surface area contributed by atoms with Crippen molar-refractivity contribution in [3.63, 3.8) is 0 Å². The van der Waals surface area contributed by atoms with E-state index < -0.39 is 232 Å². The number of nitrogens with zero attached hydrogens (tertiary/aromatic N) is 1. The molecule has 30 nitrogen and oxygen atoms in total. The van der Waals surface area contributed by atoms with Crippen molar-refractivity contribution >= 4 is 48.0 Å². The van der Waals surface area contributed by atoms with Crippen molar-refractivity contribution in [2.45, 2.75) is 306 Å². The molecule has 0 radical (unpaired) electrons. The van der Waals surface area contributed by atoms with Crippen molar-refractivity contribution in [1.29, 1.82) is 0 Å². The van der Waals surface area contributed by atoms with Gasteiger partial charge in [0.2, 0.25) is 0 Å². The molecule has 7 N–H and O–H groups in total. The second-order valence-corrected chi connectivity index (χ2v) is 38.0. The number of rotatable bonds is 20. The Balaban J connectivity index is 0.000000219. The third kappa shape index (κ3) is 16.2. The Bertz CT molecular complexity index is 4280. The highest BCUT2D eigenvalue weighted by Crippen LogP contribution is 2.70. The van der Waals surface area contributed by atoms with Gasteiger partial charge < -0.3 is 102 Å². The molecule has 5 aliphatic heterocycles. The van der Waals surface area contributed by atoms with E-state index in [4.69, 9.17) is 66.3 Å². The number of aliphatic hydroxyl groups is 5. The number of likely N-dealkylation sites (tertiary alicyclic amines) is 1. The maximum Gasteiger partial charge on any atom is 0.408 e. The number of benzene rings is 2. The van der Waals surface area contributed by atoms with Gasteiger partial charge in [0, 0.05) is 60.9 Å². The molecule has 119 heavy (non-hydrogen) atoms. The molecule has 9 fully saturated rings. The van der Waals surface area contributed by atoms with E-state index in [-0.39, 0.29) is 50.0 Å². The summed E-state index contributed by atoms with van der Waals surface area (Å²) in [4.78, 5) is 110. The topological polar surface area (TPSA) is 394 Å². The van der Waals surface area contributed by atoms with Gasteiger partial charge in [0.1, 0.15) is 84.6 Å². The van der Waals surface area contributed by atoms with Crippen LogP contribution in [0.15, 0.2) is 95.6 Å². The largest absolute Gasteiger partial charge is 0.456 e. The maximum absolute atomic E-state index is 14.4. The fraction of sp³-hybridized carbons (Fsp3) is 0.701. The van der Waals surface area contributed by atoms with Crippen LogP contribution in [0.1, 0.15) is 190 Å². The number of amides is 2. The Morgan fingerprint density at radius 3 is 1.32 bits per heavy atom. The fourth-order valence-electron chi connectivity index (χ4n) is 21.2.